The summed E-state index contributed by atoms with van der Waals surface area (Å²) in [7, 11) is -3.93. The number of aliphatic hydroxyl groups excluding tert-OH is 1. The van der Waals surface area contributed by atoms with E-state index in [1.165, 1.54) is 5.56 Å². The smallest absolute Gasteiger partial charge is 0.264 e. The van der Waals surface area contributed by atoms with Gasteiger partial charge in [-0.25, -0.2) is 13.1 Å². The van der Waals surface area contributed by atoms with Gasteiger partial charge in [-0.05, 0) is 104 Å². The Bertz CT molecular complexity index is 1410. The molecule has 2 aliphatic heterocycles. The molecule has 1 fully saturated rings. The van der Waals surface area contributed by atoms with Crippen molar-refractivity contribution >= 4 is 33.2 Å². The van der Waals surface area contributed by atoms with Crippen LogP contribution >= 0.6 is 11.6 Å². The Hall–Kier alpha value is -2.55. The van der Waals surface area contributed by atoms with E-state index in [1.54, 1.807) is 18.2 Å². The summed E-state index contributed by atoms with van der Waals surface area (Å²) in [6.45, 7) is 5.68. The highest BCUT2D eigenvalue weighted by Gasteiger charge is 2.37. The average Bonchev–Trinajstić information content (AvgIpc) is 2.96. The van der Waals surface area contributed by atoms with Gasteiger partial charge in [0.25, 0.3) is 5.91 Å². The van der Waals surface area contributed by atoms with Gasteiger partial charge < -0.3 is 14.7 Å². The molecule has 1 amide bonds. The van der Waals surface area contributed by atoms with Crippen LogP contribution in [0.15, 0.2) is 48.6 Å². The van der Waals surface area contributed by atoms with Crippen LogP contribution in [0.4, 0.5) is 5.69 Å². The summed E-state index contributed by atoms with van der Waals surface area (Å²) in [5, 5.41) is 11.1. The van der Waals surface area contributed by atoms with Gasteiger partial charge in [-0.15, -0.1) is 0 Å². The standard InChI is InChI=1S/C33H43ClN2O5S/c1-3-7-32-22(2)8-6-10-30(37)28-15-12-25(28)20-36-17-5-4-9-23-18-27(34)14-11-26(23)21-41-31-16-13-24(19-29(31)36)33(38)35-42(32,39)40/h6,10-11,13-14,16,18-19,22,25,28,30,32,37H,3-5,7-9,12,15,17,20-21H2,1-2H3,(H,35,38)/b10-6+/t22-,25-,28+,30-,32-/m0/s1. The first-order valence-corrected chi connectivity index (χ1v) is 17.3. The maximum Gasteiger partial charge on any atom is 0.264 e. The van der Waals surface area contributed by atoms with Crippen molar-refractivity contribution in [1.82, 2.24) is 4.72 Å². The van der Waals surface area contributed by atoms with Crippen LogP contribution in [0.1, 0.15) is 80.3 Å². The fourth-order valence-electron chi connectivity index (χ4n) is 6.65. The lowest BCUT2D eigenvalue weighted by Crippen LogP contribution is -2.43. The molecule has 0 spiro atoms. The lowest BCUT2D eigenvalue weighted by molar-refractivity contribution is 0.0461. The molecule has 1 saturated carbocycles. The highest BCUT2D eigenvalue weighted by Crippen LogP contribution is 2.41. The van der Waals surface area contributed by atoms with Gasteiger partial charge in [0.15, 0.2) is 0 Å². The Balaban J connectivity index is 1.54. The molecule has 1 aliphatic carbocycles. The molecule has 0 aromatic heterocycles. The number of hydrogen-bond acceptors (Lipinski definition) is 6. The molecule has 2 bridgehead atoms. The van der Waals surface area contributed by atoms with Crippen molar-refractivity contribution in [2.24, 2.45) is 17.8 Å². The van der Waals surface area contributed by atoms with Gasteiger partial charge in [-0.1, -0.05) is 50.1 Å². The third kappa shape index (κ3) is 6.98. The maximum absolute atomic E-state index is 13.5. The number of rotatable bonds is 2. The Kier molecular flexibility index (Phi) is 9.85. The van der Waals surface area contributed by atoms with Crippen LogP contribution in [0.5, 0.6) is 5.75 Å². The monoisotopic (exact) mass is 614 g/mol. The average molecular weight is 615 g/mol. The number of halogens is 1. The highest BCUT2D eigenvalue weighted by atomic mass is 35.5. The predicted octanol–water partition coefficient (Wildman–Crippen LogP) is 6.27. The van der Waals surface area contributed by atoms with E-state index in [2.05, 4.69) is 9.62 Å². The fourth-order valence-corrected chi connectivity index (χ4v) is 8.65. The zero-order chi connectivity index (χ0) is 29.9. The number of ether oxygens (including phenoxy) is 1. The van der Waals surface area contributed by atoms with Crippen molar-refractivity contribution in [2.75, 3.05) is 18.0 Å². The lowest BCUT2D eigenvalue weighted by atomic mass is 9.70. The molecule has 3 aliphatic rings. The lowest BCUT2D eigenvalue weighted by Gasteiger charge is -2.42. The van der Waals surface area contributed by atoms with Gasteiger partial charge >= 0.3 is 0 Å². The summed E-state index contributed by atoms with van der Waals surface area (Å²) >= 11 is 6.31. The van der Waals surface area contributed by atoms with Crippen LogP contribution in [0.3, 0.4) is 0 Å². The summed E-state index contributed by atoms with van der Waals surface area (Å²) in [4.78, 5) is 15.7. The first-order valence-electron chi connectivity index (χ1n) is 15.4. The Morgan fingerprint density at radius 2 is 1.95 bits per heavy atom. The molecule has 7 nitrogen and oxygen atoms in total. The molecular formula is C33H43ClN2O5S. The molecule has 9 heteroatoms. The summed E-state index contributed by atoms with van der Waals surface area (Å²) in [5.74, 6) is 0.250. The van der Waals surface area contributed by atoms with Gasteiger partial charge in [0.1, 0.15) is 12.4 Å². The largest absolute Gasteiger partial charge is 0.487 e. The number of hydrogen-bond donors (Lipinski definition) is 2. The second-order valence-electron chi connectivity index (χ2n) is 12.2. The van der Waals surface area contributed by atoms with Gasteiger partial charge in [0.2, 0.25) is 10.0 Å². The molecule has 0 radical (unpaired) electrons. The minimum absolute atomic E-state index is 0.139. The Morgan fingerprint density at radius 1 is 1.12 bits per heavy atom. The molecule has 5 atom stereocenters. The van der Waals surface area contributed by atoms with Crippen LogP contribution in [0.25, 0.3) is 0 Å². The van der Waals surface area contributed by atoms with Crippen molar-refractivity contribution in [1.29, 1.82) is 0 Å². The van der Waals surface area contributed by atoms with Crippen LogP contribution in [0, 0.1) is 17.8 Å². The second kappa shape index (κ2) is 13.4. The van der Waals surface area contributed by atoms with Crippen LogP contribution in [-0.2, 0) is 23.1 Å². The maximum atomic E-state index is 13.5. The number of aliphatic hydroxyl groups is 1. The third-order valence-electron chi connectivity index (χ3n) is 9.29. The first-order chi connectivity index (χ1) is 20.2. The van der Waals surface area contributed by atoms with E-state index >= 15 is 0 Å². The number of sulfonamides is 1. The highest BCUT2D eigenvalue weighted by molar-refractivity contribution is 7.90. The summed E-state index contributed by atoms with van der Waals surface area (Å²) < 4.78 is 35.7. The van der Waals surface area contributed by atoms with E-state index in [1.807, 2.05) is 44.2 Å². The molecule has 42 heavy (non-hydrogen) atoms. The van der Waals surface area contributed by atoms with Crippen molar-refractivity contribution in [2.45, 2.75) is 83.2 Å². The van der Waals surface area contributed by atoms with Gasteiger partial charge in [-0.2, -0.15) is 0 Å². The van der Waals surface area contributed by atoms with Crippen molar-refractivity contribution in [3.05, 3.63) is 70.3 Å². The van der Waals surface area contributed by atoms with Crippen molar-refractivity contribution in [3.8, 4) is 5.75 Å². The number of nitrogens with zero attached hydrogens (tertiary/aromatic N) is 1. The molecule has 2 aromatic carbocycles. The van der Waals surface area contributed by atoms with Crippen LogP contribution in [-0.4, -0.2) is 43.9 Å². The number of carbonyl (C=O) groups excluding carboxylic acids is 1. The van der Waals surface area contributed by atoms with E-state index < -0.39 is 27.3 Å². The second-order valence-corrected chi connectivity index (χ2v) is 14.6. The van der Waals surface area contributed by atoms with Crippen LogP contribution in [0.2, 0.25) is 5.02 Å². The van der Waals surface area contributed by atoms with Crippen molar-refractivity contribution < 1.29 is 23.1 Å². The van der Waals surface area contributed by atoms with Gasteiger partial charge in [-0.3, -0.25) is 4.79 Å². The van der Waals surface area contributed by atoms with E-state index in [4.69, 9.17) is 16.3 Å². The number of amides is 1. The molecule has 5 rings (SSSR count). The number of benzene rings is 2. The summed E-state index contributed by atoms with van der Waals surface area (Å²) in [6.07, 6.45) is 9.60. The third-order valence-corrected chi connectivity index (χ3v) is 11.5. The summed E-state index contributed by atoms with van der Waals surface area (Å²) in [5.41, 5.74) is 3.31. The Labute approximate surface area is 255 Å². The zero-order valence-electron chi connectivity index (χ0n) is 24.6. The van der Waals surface area contributed by atoms with E-state index in [0.29, 0.717) is 42.6 Å². The number of anilines is 1. The minimum Gasteiger partial charge on any atom is -0.487 e. The van der Waals surface area contributed by atoms with Crippen LogP contribution < -0.4 is 14.4 Å². The van der Waals surface area contributed by atoms with E-state index in [-0.39, 0.29) is 17.4 Å². The zero-order valence-corrected chi connectivity index (χ0v) is 26.2. The van der Waals surface area contributed by atoms with E-state index in [9.17, 15) is 18.3 Å². The first kappa shape index (κ1) is 30.9. The van der Waals surface area contributed by atoms with Crippen molar-refractivity contribution in [3.63, 3.8) is 0 Å². The number of carbonyl (C=O) groups is 1. The predicted molar refractivity (Wildman–Crippen MR) is 168 cm³/mol. The molecule has 0 unspecified atom stereocenters. The topological polar surface area (TPSA) is 95.9 Å². The Morgan fingerprint density at radius 3 is 2.71 bits per heavy atom. The normalized spacial score (nSPS) is 29.0. The van der Waals surface area contributed by atoms with Gasteiger partial charge in [0.05, 0.1) is 17.0 Å². The minimum atomic E-state index is -3.93. The molecule has 2 aromatic rings. The molecular weight excluding hydrogens is 572 g/mol. The number of nitrogens with one attached hydrogen (secondary N) is 1. The van der Waals surface area contributed by atoms with Gasteiger partial charge in [0, 0.05) is 23.7 Å². The molecule has 228 valence electrons. The summed E-state index contributed by atoms with van der Waals surface area (Å²) in [6, 6.07) is 11.1. The quantitative estimate of drug-likeness (QED) is 0.387. The SMILES string of the molecule is CCC[C@H]1[C@@H](C)C/C=C/[C@H](O)[C@@H]2CC[C@H]2CN2CCCCc3cc(Cl)ccc3COc3ccc(cc32)C(=O)NS1(=O)=O. The molecule has 2 heterocycles. The molecule has 2 N–H and O–H groups in total. The number of fused-ring (bicyclic) bond motifs is 3. The fraction of sp³-hybridized carbons (Fsp3) is 0.545. The number of allylic oxidation sites excluding steroid dienone is 1. The molecule has 0 saturated heterocycles. The number of aryl methyl sites for hydroxylation is 1. The van der Waals surface area contributed by atoms with E-state index in [0.717, 1.165) is 56.4 Å².